The zero-order valence-electron chi connectivity index (χ0n) is 11.0. The molecular formula is C14H21N3O. The number of rotatable bonds is 2. The van der Waals surface area contributed by atoms with E-state index in [0.29, 0.717) is 5.92 Å². The highest BCUT2D eigenvalue weighted by atomic mass is 16.2. The monoisotopic (exact) mass is 247 g/mol. The van der Waals surface area contributed by atoms with E-state index in [1.165, 1.54) is 0 Å². The van der Waals surface area contributed by atoms with E-state index < -0.39 is 0 Å². The van der Waals surface area contributed by atoms with Gasteiger partial charge in [0.25, 0.3) is 0 Å². The molecule has 0 spiro atoms. The van der Waals surface area contributed by atoms with Gasteiger partial charge in [0.1, 0.15) is 0 Å². The molecule has 0 aromatic heterocycles. The lowest BCUT2D eigenvalue weighted by Crippen LogP contribution is -2.49. The quantitative estimate of drug-likeness (QED) is 0.749. The van der Waals surface area contributed by atoms with Gasteiger partial charge in [-0.05, 0) is 50.0 Å². The maximum absolute atomic E-state index is 11.9. The number of hydrogen-bond donors (Lipinski definition) is 3. The van der Waals surface area contributed by atoms with Crippen LogP contribution in [0.3, 0.4) is 0 Å². The van der Waals surface area contributed by atoms with Crippen molar-refractivity contribution in [3.05, 3.63) is 29.8 Å². The van der Waals surface area contributed by atoms with Crippen LogP contribution < -0.4 is 16.0 Å². The Morgan fingerprint density at radius 1 is 1.44 bits per heavy atom. The van der Waals surface area contributed by atoms with Gasteiger partial charge in [0.15, 0.2) is 0 Å². The normalized spacial score (nSPS) is 23.4. The second-order valence-electron chi connectivity index (χ2n) is 5.04. The number of benzene rings is 1. The molecule has 18 heavy (non-hydrogen) atoms. The lowest BCUT2D eigenvalue weighted by molar-refractivity contribution is 0.236. The molecule has 2 rings (SSSR count). The van der Waals surface area contributed by atoms with Crippen LogP contribution in [0.2, 0.25) is 0 Å². The van der Waals surface area contributed by atoms with Crippen molar-refractivity contribution in [3.8, 4) is 0 Å². The Morgan fingerprint density at radius 2 is 2.28 bits per heavy atom. The van der Waals surface area contributed by atoms with E-state index in [-0.39, 0.29) is 12.1 Å². The van der Waals surface area contributed by atoms with Crippen molar-refractivity contribution in [3.63, 3.8) is 0 Å². The van der Waals surface area contributed by atoms with Crippen molar-refractivity contribution < 1.29 is 4.79 Å². The molecule has 0 radical (unpaired) electrons. The number of piperidine rings is 1. The van der Waals surface area contributed by atoms with Gasteiger partial charge < -0.3 is 16.0 Å². The van der Waals surface area contributed by atoms with E-state index in [9.17, 15) is 4.79 Å². The number of hydrogen-bond acceptors (Lipinski definition) is 2. The highest BCUT2D eigenvalue weighted by Crippen LogP contribution is 2.12. The number of nitrogens with one attached hydrogen (secondary N) is 3. The summed E-state index contributed by atoms with van der Waals surface area (Å²) in [6.45, 7) is 6.11. The first kappa shape index (κ1) is 12.9. The zero-order valence-corrected chi connectivity index (χ0v) is 11.0. The van der Waals surface area contributed by atoms with Crippen molar-refractivity contribution in [2.45, 2.75) is 26.3 Å². The smallest absolute Gasteiger partial charge is 0.319 e. The molecule has 3 N–H and O–H groups in total. The third kappa shape index (κ3) is 3.47. The predicted molar refractivity (Wildman–Crippen MR) is 73.8 cm³/mol. The molecule has 2 amide bonds. The lowest BCUT2D eigenvalue weighted by atomic mass is 9.95. The summed E-state index contributed by atoms with van der Waals surface area (Å²) in [5, 5.41) is 9.25. The predicted octanol–water partition coefficient (Wildman–Crippen LogP) is 2.11. The average Bonchev–Trinajstić information content (AvgIpc) is 2.32. The summed E-state index contributed by atoms with van der Waals surface area (Å²) in [7, 11) is 0. The van der Waals surface area contributed by atoms with E-state index in [4.69, 9.17) is 0 Å². The fraction of sp³-hybridized carbons (Fsp3) is 0.500. The Balaban J connectivity index is 1.88. The third-order valence-corrected chi connectivity index (χ3v) is 3.38. The van der Waals surface area contributed by atoms with Gasteiger partial charge >= 0.3 is 6.03 Å². The Kier molecular flexibility index (Phi) is 4.20. The Morgan fingerprint density at radius 3 is 3.00 bits per heavy atom. The molecule has 1 aliphatic rings. The van der Waals surface area contributed by atoms with Gasteiger partial charge in [-0.1, -0.05) is 19.1 Å². The highest BCUT2D eigenvalue weighted by Gasteiger charge is 2.22. The molecule has 0 bridgehead atoms. The SMILES string of the molecule is Cc1cccc(NC(=O)NC2CCNCC2C)c1. The second-order valence-corrected chi connectivity index (χ2v) is 5.04. The van der Waals surface area contributed by atoms with Crippen LogP contribution in [0, 0.1) is 12.8 Å². The summed E-state index contributed by atoms with van der Waals surface area (Å²) in [6, 6.07) is 7.97. The van der Waals surface area contributed by atoms with E-state index in [1.54, 1.807) is 0 Å². The van der Waals surface area contributed by atoms with Crippen molar-refractivity contribution in [1.29, 1.82) is 0 Å². The van der Waals surface area contributed by atoms with Gasteiger partial charge in [-0.25, -0.2) is 4.79 Å². The third-order valence-electron chi connectivity index (χ3n) is 3.38. The second kappa shape index (κ2) is 5.87. The number of carbonyl (C=O) groups is 1. The molecule has 1 fully saturated rings. The summed E-state index contributed by atoms with van der Waals surface area (Å²) >= 11 is 0. The summed E-state index contributed by atoms with van der Waals surface area (Å²) in [5.74, 6) is 0.474. The first-order valence-electron chi connectivity index (χ1n) is 6.50. The van der Waals surface area contributed by atoms with Gasteiger partial charge in [-0.3, -0.25) is 0 Å². The molecule has 1 aliphatic heterocycles. The van der Waals surface area contributed by atoms with Crippen molar-refractivity contribution in [1.82, 2.24) is 10.6 Å². The molecule has 1 aromatic rings. The number of urea groups is 1. The van der Waals surface area contributed by atoms with E-state index in [0.717, 1.165) is 30.8 Å². The molecule has 4 heteroatoms. The average molecular weight is 247 g/mol. The van der Waals surface area contributed by atoms with Crippen LogP contribution >= 0.6 is 0 Å². The minimum Gasteiger partial charge on any atom is -0.335 e. The number of amides is 2. The molecule has 4 nitrogen and oxygen atoms in total. The molecule has 1 saturated heterocycles. The van der Waals surface area contributed by atoms with Crippen LogP contribution in [-0.2, 0) is 0 Å². The fourth-order valence-electron chi connectivity index (χ4n) is 2.29. The molecule has 0 saturated carbocycles. The topological polar surface area (TPSA) is 53.2 Å². The first-order chi connectivity index (χ1) is 8.65. The molecule has 1 heterocycles. The van der Waals surface area contributed by atoms with Crippen LogP contribution in [0.1, 0.15) is 18.9 Å². The Labute approximate surface area is 108 Å². The van der Waals surface area contributed by atoms with Gasteiger partial charge in [-0.15, -0.1) is 0 Å². The summed E-state index contributed by atoms with van der Waals surface area (Å²) in [4.78, 5) is 11.9. The van der Waals surface area contributed by atoms with Crippen molar-refractivity contribution in [2.24, 2.45) is 5.92 Å². The summed E-state index contributed by atoms with van der Waals surface area (Å²) in [5.41, 5.74) is 1.98. The maximum atomic E-state index is 11.9. The fourth-order valence-corrected chi connectivity index (χ4v) is 2.29. The highest BCUT2D eigenvalue weighted by molar-refractivity contribution is 5.89. The molecule has 2 unspecified atom stereocenters. The van der Waals surface area contributed by atoms with Crippen molar-refractivity contribution >= 4 is 11.7 Å². The maximum Gasteiger partial charge on any atom is 0.319 e. The standard InChI is InChI=1S/C14H21N3O/c1-10-4-3-5-12(8-10)16-14(18)17-13-6-7-15-9-11(13)2/h3-5,8,11,13,15H,6-7,9H2,1-2H3,(H2,16,17,18). The van der Waals surface area contributed by atoms with E-state index in [1.807, 2.05) is 31.2 Å². The Hall–Kier alpha value is -1.55. The van der Waals surface area contributed by atoms with Gasteiger partial charge in [-0.2, -0.15) is 0 Å². The van der Waals surface area contributed by atoms with Crippen LogP contribution in [-0.4, -0.2) is 25.2 Å². The minimum absolute atomic E-state index is 0.112. The largest absolute Gasteiger partial charge is 0.335 e. The summed E-state index contributed by atoms with van der Waals surface area (Å²) < 4.78 is 0. The zero-order chi connectivity index (χ0) is 13.0. The minimum atomic E-state index is -0.112. The van der Waals surface area contributed by atoms with Gasteiger partial charge in [0.05, 0.1) is 0 Å². The van der Waals surface area contributed by atoms with Gasteiger partial charge in [0.2, 0.25) is 0 Å². The Bertz CT molecular complexity index is 419. The van der Waals surface area contributed by atoms with Crippen LogP contribution in [0.15, 0.2) is 24.3 Å². The van der Waals surface area contributed by atoms with Crippen LogP contribution in [0.25, 0.3) is 0 Å². The van der Waals surface area contributed by atoms with Crippen molar-refractivity contribution in [2.75, 3.05) is 18.4 Å². The lowest BCUT2D eigenvalue weighted by Gasteiger charge is -2.30. The molecule has 1 aromatic carbocycles. The van der Waals surface area contributed by atoms with E-state index >= 15 is 0 Å². The van der Waals surface area contributed by atoms with Crippen LogP contribution in [0.4, 0.5) is 10.5 Å². The van der Waals surface area contributed by atoms with E-state index in [2.05, 4.69) is 22.9 Å². The number of carbonyl (C=O) groups excluding carboxylic acids is 1. The molecule has 2 atom stereocenters. The van der Waals surface area contributed by atoms with Gasteiger partial charge in [0, 0.05) is 11.7 Å². The molecular weight excluding hydrogens is 226 g/mol. The molecule has 0 aliphatic carbocycles. The molecule has 98 valence electrons. The number of aryl methyl sites for hydroxylation is 1. The van der Waals surface area contributed by atoms with Crippen LogP contribution in [0.5, 0.6) is 0 Å². The summed E-state index contributed by atoms with van der Waals surface area (Å²) in [6.07, 6.45) is 0.988. The first-order valence-corrected chi connectivity index (χ1v) is 6.50. The number of anilines is 1.